The first-order chi connectivity index (χ1) is 12.5. The molecule has 1 amide bonds. The highest BCUT2D eigenvalue weighted by molar-refractivity contribution is 6.34. The van der Waals surface area contributed by atoms with Gasteiger partial charge in [-0.25, -0.2) is 9.97 Å². The van der Waals surface area contributed by atoms with E-state index in [9.17, 15) is 4.79 Å². The molecule has 3 aromatic rings. The van der Waals surface area contributed by atoms with E-state index in [1.807, 2.05) is 31.2 Å². The number of carbonyl (C=O) groups excluding carboxylic acids is 1. The van der Waals surface area contributed by atoms with Crippen LogP contribution in [0.25, 0.3) is 22.2 Å². The Kier molecular flexibility index (Phi) is 5.35. The van der Waals surface area contributed by atoms with Crippen molar-refractivity contribution in [1.82, 2.24) is 9.97 Å². The first kappa shape index (κ1) is 18.1. The minimum atomic E-state index is -0.264. The average molecular weight is 372 g/mol. The third-order valence-corrected chi connectivity index (χ3v) is 4.21. The zero-order valence-electron chi connectivity index (χ0n) is 14.7. The lowest BCUT2D eigenvalue weighted by Crippen LogP contribution is -2.17. The number of nitrogens with one attached hydrogen (secondary N) is 1. The van der Waals surface area contributed by atoms with E-state index in [1.165, 1.54) is 7.11 Å². The maximum atomic E-state index is 11.8. The van der Waals surface area contributed by atoms with Crippen molar-refractivity contribution >= 4 is 34.1 Å². The number of methoxy groups -OCH3 is 2. The number of rotatable bonds is 5. The summed E-state index contributed by atoms with van der Waals surface area (Å²) in [6.45, 7) is 1.95. The number of fused-ring (bicyclic) bond motifs is 1. The molecule has 1 aromatic carbocycles. The molecule has 2 aromatic heterocycles. The van der Waals surface area contributed by atoms with Gasteiger partial charge in [-0.1, -0.05) is 11.6 Å². The normalized spacial score (nSPS) is 10.8. The Morgan fingerprint density at radius 3 is 2.77 bits per heavy atom. The number of benzene rings is 1. The van der Waals surface area contributed by atoms with Gasteiger partial charge >= 0.3 is 0 Å². The van der Waals surface area contributed by atoms with Gasteiger partial charge in [0.05, 0.1) is 29.0 Å². The number of anilines is 1. The molecule has 0 unspecified atom stereocenters. The van der Waals surface area contributed by atoms with Gasteiger partial charge in [0.25, 0.3) is 0 Å². The Labute approximate surface area is 156 Å². The van der Waals surface area contributed by atoms with Crippen LogP contribution in [0.3, 0.4) is 0 Å². The highest BCUT2D eigenvalue weighted by Gasteiger charge is 2.12. The van der Waals surface area contributed by atoms with Crippen LogP contribution >= 0.6 is 11.6 Å². The van der Waals surface area contributed by atoms with Crippen molar-refractivity contribution in [2.45, 2.75) is 6.92 Å². The Balaban J connectivity index is 2.05. The SMILES string of the molecule is COCC(=O)Nc1cc2c(C)cc(-c3ccnc(OC)c3)nc2cc1Cl. The molecule has 134 valence electrons. The zero-order chi connectivity index (χ0) is 18.7. The number of halogens is 1. The Hall–Kier alpha value is -2.70. The monoisotopic (exact) mass is 371 g/mol. The summed E-state index contributed by atoms with van der Waals surface area (Å²) >= 11 is 6.32. The lowest BCUT2D eigenvalue weighted by atomic mass is 10.0. The molecule has 0 spiro atoms. The second-order valence-corrected chi connectivity index (χ2v) is 6.15. The van der Waals surface area contributed by atoms with Crippen molar-refractivity contribution in [3.63, 3.8) is 0 Å². The van der Waals surface area contributed by atoms with Crippen molar-refractivity contribution in [2.75, 3.05) is 26.1 Å². The summed E-state index contributed by atoms with van der Waals surface area (Å²) in [5, 5.41) is 4.07. The van der Waals surface area contributed by atoms with E-state index in [0.29, 0.717) is 16.6 Å². The molecule has 7 heteroatoms. The van der Waals surface area contributed by atoms with Crippen molar-refractivity contribution < 1.29 is 14.3 Å². The molecule has 6 nitrogen and oxygen atoms in total. The fourth-order valence-electron chi connectivity index (χ4n) is 2.66. The number of aromatic nitrogens is 2. The molecular weight excluding hydrogens is 354 g/mol. The number of hydrogen-bond donors (Lipinski definition) is 1. The number of ether oxygens (including phenoxy) is 2. The van der Waals surface area contributed by atoms with E-state index in [0.717, 1.165) is 27.7 Å². The van der Waals surface area contributed by atoms with Gasteiger partial charge in [0.1, 0.15) is 6.61 Å². The molecule has 0 aliphatic rings. The fourth-order valence-corrected chi connectivity index (χ4v) is 2.86. The van der Waals surface area contributed by atoms with Gasteiger partial charge in [-0.3, -0.25) is 4.79 Å². The lowest BCUT2D eigenvalue weighted by Gasteiger charge is -2.12. The predicted molar refractivity (Wildman–Crippen MR) is 102 cm³/mol. The smallest absolute Gasteiger partial charge is 0.250 e. The van der Waals surface area contributed by atoms with Crippen LogP contribution < -0.4 is 10.1 Å². The highest BCUT2D eigenvalue weighted by Crippen LogP contribution is 2.32. The molecule has 0 radical (unpaired) electrons. The Morgan fingerprint density at radius 2 is 2.04 bits per heavy atom. The molecule has 3 rings (SSSR count). The van der Waals surface area contributed by atoms with Gasteiger partial charge in [0, 0.05) is 30.3 Å². The van der Waals surface area contributed by atoms with Gasteiger partial charge in [-0.05, 0) is 36.8 Å². The summed E-state index contributed by atoms with van der Waals surface area (Å²) in [5.41, 5.74) is 3.98. The summed E-state index contributed by atoms with van der Waals surface area (Å²) in [6, 6.07) is 9.25. The molecule has 0 saturated heterocycles. The first-order valence-corrected chi connectivity index (χ1v) is 8.29. The van der Waals surface area contributed by atoms with Gasteiger partial charge < -0.3 is 14.8 Å². The van der Waals surface area contributed by atoms with Crippen molar-refractivity contribution in [3.05, 3.63) is 47.1 Å². The molecule has 0 saturated carbocycles. The minimum absolute atomic E-state index is 0.0333. The van der Waals surface area contributed by atoms with Crippen LogP contribution in [0.4, 0.5) is 5.69 Å². The summed E-state index contributed by atoms with van der Waals surface area (Å²) in [6.07, 6.45) is 1.68. The van der Waals surface area contributed by atoms with Crippen LogP contribution in [-0.2, 0) is 9.53 Å². The summed E-state index contributed by atoms with van der Waals surface area (Å²) in [5.74, 6) is 0.260. The average Bonchev–Trinajstić information content (AvgIpc) is 2.63. The molecule has 1 N–H and O–H groups in total. The van der Waals surface area contributed by atoms with Crippen LogP contribution in [-0.4, -0.2) is 36.7 Å². The predicted octanol–water partition coefficient (Wildman–Crippen LogP) is 3.85. The van der Waals surface area contributed by atoms with E-state index in [1.54, 1.807) is 19.4 Å². The summed E-state index contributed by atoms with van der Waals surface area (Å²) < 4.78 is 10.0. The molecule has 2 heterocycles. The van der Waals surface area contributed by atoms with E-state index < -0.39 is 0 Å². The summed E-state index contributed by atoms with van der Waals surface area (Å²) in [7, 11) is 3.04. The van der Waals surface area contributed by atoms with E-state index in [4.69, 9.17) is 26.1 Å². The van der Waals surface area contributed by atoms with Gasteiger partial charge in [0.15, 0.2) is 0 Å². The van der Waals surface area contributed by atoms with E-state index in [2.05, 4.69) is 10.3 Å². The third-order valence-electron chi connectivity index (χ3n) is 3.89. The third kappa shape index (κ3) is 3.76. The number of hydrogen-bond acceptors (Lipinski definition) is 5. The molecule has 0 aliphatic heterocycles. The van der Waals surface area contributed by atoms with Crippen LogP contribution in [0.1, 0.15) is 5.56 Å². The number of carbonyl (C=O) groups is 1. The molecule has 0 atom stereocenters. The molecule has 0 bridgehead atoms. The number of amides is 1. The van der Waals surface area contributed by atoms with Crippen molar-refractivity contribution in [2.24, 2.45) is 0 Å². The lowest BCUT2D eigenvalue weighted by molar-refractivity contribution is -0.119. The molecule has 26 heavy (non-hydrogen) atoms. The maximum absolute atomic E-state index is 11.8. The van der Waals surface area contributed by atoms with Crippen LogP contribution in [0, 0.1) is 6.92 Å². The molecule has 0 fully saturated rings. The fraction of sp³-hybridized carbons (Fsp3) is 0.211. The van der Waals surface area contributed by atoms with Gasteiger partial charge in [-0.15, -0.1) is 0 Å². The first-order valence-electron chi connectivity index (χ1n) is 7.92. The molecular formula is C19H18ClN3O3. The maximum Gasteiger partial charge on any atom is 0.250 e. The van der Waals surface area contributed by atoms with Crippen molar-refractivity contribution in [1.29, 1.82) is 0 Å². The van der Waals surface area contributed by atoms with Crippen LogP contribution in [0.2, 0.25) is 5.02 Å². The van der Waals surface area contributed by atoms with Crippen LogP contribution in [0.15, 0.2) is 36.5 Å². The van der Waals surface area contributed by atoms with E-state index in [-0.39, 0.29) is 12.5 Å². The second-order valence-electron chi connectivity index (χ2n) is 5.74. The Bertz CT molecular complexity index is 976. The number of aryl methyl sites for hydroxylation is 1. The standard InChI is InChI=1S/C19H18ClN3O3/c1-11-6-15(12-4-5-21-19(7-12)26-3)22-16-9-14(20)17(8-13(11)16)23-18(24)10-25-2/h4-9H,10H2,1-3H3,(H,23,24). The van der Waals surface area contributed by atoms with Crippen LogP contribution in [0.5, 0.6) is 5.88 Å². The Morgan fingerprint density at radius 1 is 1.23 bits per heavy atom. The minimum Gasteiger partial charge on any atom is -0.481 e. The summed E-state index contributed by atoms with van der Waals surface area (Å²) in [4.78, 5) is 20.6. The number of nitrogens with zero attached hydrogens (tertiary/aromatic N) is 2. The largest absolute Gasteiger partial charge is 0.481 e. The quantitative estimate of drug-likeness (QED) is 0.737. The highest BCUT2D eigenvalue weighted by atomic mass is 35.5. The topological polar surface area (TPSA) is 73.3 Å². The number of pyridine rings is 2. The zero-order valence-corrected chi connectivity index (χ0v) is 15.4. The van der Waals surface area contributed by atoms with E-state index >= 15 is 0 Å². The van der Waals surface area contributed by atoms with Gasteiger partial charge in [0.2, 0.25) is 11.8 Å². The second kappa shape index (κ2) is 7.68. The van der Waals surface area contributed by atoms with Crippen molar-refractivity contribution in [3.8, 4) is 17.1 Å². The van der Waals surface area contributed by atoms with Gasteiger partial charge in [-0.2, -0.15) is 0 Å². The molecule has 0 aliphatic carbocycles.